The van der Waals surface area contributed by atoms with E-state index in [1.807, 2.05) is 0 Å². The van der Waals surface area contributed by atoms with Gasteiger partial charge in [0.05, 0.1) is 22.6 Å². The highest BCUT2D eigenvalue weighted by atomic mass is 32.2. The number of nitrogens with two attached hydrogens (primary N) is 1. The summed E-state index contributed by atoms with van der Waals surface area (Å²) in [6.07, 6.45) is 4.94. The zero-order valence-corrected chi connectivity index (χ0v) is 11.7. The van der Waals surface area contributed by atoms with Crippen molar-refractivity contribution in [1.82, 2.24) is 5.32 Å². The number of sulfone groups is 1. The van der Waals surface area contributed by atoms with Gasteiger partial charge < -0.3 is 11.1 Å². The zero-order chi connectivity index (χ0) is 13.4. The largest absolute Gasteiger partial charge is 0.348 e. The van der Waals surface area contributed by atoms with Crippen LogP contribution < -0.4 is 11.1 Å². The van der Waals surface area contributed by atoms with Gasteiger partial charge in [0.15, 0.2) is 9.84 Å². The van der Waals surface area contributed by atoms with Crippen LogP contribution in [0, 0.1) is 0 Å². The molecule has 0 spiro atoms. The lowest BCUT2D eigenvalue weighted by molar-refractivity contribution is -0.129. The molecule has 1 atom stereocenters. The van der Waals surface area contributed by atoms with Crippen molar-refractivity contribution >= 4 is 15.7 Å². The number of amides is 1. The molecule has 2 fully saturated rings. The highest BCUT2D eigenvalue weighted by Gasteiger charge is 2.43. The van der Waals surface area contributed by atoms with Gasteiger partial charge in [-0.1, -0.05) is 19.3 Å². The molecule has 1 saturated carbocycles. The minimum absolute atomic E-state index is 0.0296. The van der Waals surface area contributed by atoms with Crippen molar-refractivity contribution in [2.45, 2.75) is 56.5 Å². The highest BCUT2D eigenvalue weighted by Crippen LogP contribution is 2.28. The van der Waals surface area contributed by atoms with Crippen LogP contribution in [-0.2, 0) is 14.6 Å². The topological polar surface area (TPSA) is 89.3 Å². The molecule has 104 valence electrons. The highest BCUT2D eigenvalue weighted by molar-refractivity contribution is 7.91. The third-order valence-electron chi connectivity index (χ3n) is 4.12. The third kappa shape index (κ3) is 2.85. The fourth-order valence-corrected chi connectivity index (χ4v) is 5.01. The lowest BCUT2D eigenvalue weighted by Gasteiger charge is -2.35. The lowest BCUT2D eigenvalue weighted by atomic mass is 9.81. The summed E-state index contributed by atoms with van der Waals surface area (Å²) in [5.74, 6) is 0.00481. The molecule has 1 amide bonds. The number of hydrogen-bond acceptors (Lipinski definition) is 4. The summed E-state index contributed by atoms with van der Waals surface area (Å²) in [7, 11) is -3.01. The minimum Gasteiger partial charge on any atom is -0.348 e. The van der Waals surface area contributed by atoms with Crippen molar-refractivity contribution in [3.63, 3.8) is 0 Å². The van der Waals surface area contributed by atoms with Gasteiger partial charge in [0.25, 0.3) is 0 Å². The van der Waals surface area contributed by atoms with E-state index in [4.69, 9.17) is 5.73 Å². The van der Waals surface area contributed by atoms with Crippen LogP contribution in [0.2, 0.25) is 0 Å². The van der Waals surface area contributed by atoms with Crippen molar-refractivity contribution in [3.8, 4) is 0 Å². The maximum atomic E-state index is 12.3. The average molecular weight is 274 g/mol. The normalized spacial score (nSPS) is 34.1. The predicted octanol–water partition coefficient (Wildman–Crippen LogP) is 0.341. The van der Waals surface area contributed by atoms with Gasteiger partial charge in [-0.15, -0.1) is 0 Å². The monoisotopic (exact) mass is 274 g/mol. The maximum absolute atomic E-state index is 12.3. The summed E-state index contributed by atoms with van der Waals surface area (Å²) >= 11 is 0. The second-order valence-electron chi connectivity index (χ2n) is 6.07. The summed E-state index contributed by atoms with van der Waals surface area (Å²) in [5.41, 5.74) is 4.71. The number of carbonyl (C=O) groups is 1. The zero-order valence-electron chi connectivity index (χ0n) is 10.9. The predicted molar refractivity (Wildman–Crippen MR) is 69.8 cm³/mol. The van der Waals surface area contributed by atoms with E-state index in [2.05, 4.69) is 5.32 Å². The molecule has 6 heteroatoms. The van der Waals surface area contributed by atoms with Crippen LogP contribution in [0.1, 0.15) is 45.4 Å². The van der Waals surface area contributed by atoms with E-state index in [0.29, 0.717) is 19.3 Å². The average Bonchev–Trinajstić information content (AvgIpc) is 2.54. The third-order valence-corrected chi connectivity index (χ3v) is 6.02. The van der Waals surface area contributed by atoms with E-state index in [9.17, 15) is 13.2 Å². The Labute approximate surface area is 108 Å². The standard InChI is InChI=1S/C12H22N2O3S/c1-11(7-8-18(16,17)9-11)14-10(15)12(13)5-3-2-4-6-12/h2-9,13H2,1H3,(H,14,15). The van der Waals surface area contributed by atoms with Gasteiger partial charge in [-0.25, -0.2) is 8.42 Å². The van der Waals surface area contributed by atoms with E-state index in [1.165, 1.54) is 0 Å². The molecule has 0 aromatic heterocycles. The van der Waals surface area contributed by atoms with Crippen molar-refractivity contribution < 1.29 is 13.2 Å². The quantitative estimate of drug-likeness (QED) is 0.760. The van der Waals surface area contributed by atoms with E-state index < -0.39 is 20.9 Å². The van der Waals surface area contributed by atoms with Crippen LogP contribution in [0.4, 0.5) is 0 Å². The van der Waals surface area contributed by atoms with Crippen molar-refractivity contribution in [2.24, 2.45) is 5.73 Å². The molecular weight excluding hydrogens is 252 g/mol. The van der Waals surface area contributed by atoms with Gasteiger partial charge in [-0.2, -0.15) is 0 Å². The maximum Gasteiger partial charge on any atom is 0.240 e. The van der Waals surface area contributed by atoms with Crippen molar-refractivity contribution in [3.05, 3.63) is 0 Å². The Morgan fingerprint density at radius 1 is 1.17 bits per heavy atom. The second kappa shape index (κ2) is 4.49. The lowest BCUT2D eigenvalue weighted by Crippen LogP contribution is -2.60. The second-order valence-corrected chi connectivity index (χ2v) is 8.26. The summed E-state index contributed by atoms with van der Waals surface area (Å²) < 4.78 is 23.0. The molecule has 5 nitrogen and oxygen atoms in total. The Balaban J connectivity index is 2.03. The number of rotatable bonds is 2. The van der Waals surface area contributed by atoms with Gasteiger partial charge in [0.2, 0.25) is 5.91 Å². The van der Waals surface area contributed by atoms with Gasteiger partial charge in [0.1, 0.15) is 0 Å². The molecule has 1 aliphatic carbocycles. The summed E-state index contributed by atoms with van der Waals surface area (Å²) in [4.78, 5) is 12.3. The van der Waals surface area contributed by atoms with E-state index >= 15 is 0 Å². The Morgan fingerprint density at radius 2 is 1.78 bits per heavy atom. The molecule has 2 rings (SSSR count). The Hall–Kier alpha value is -0.620. The van der Waals surface area contributed by atoms with Gasteiger partial charge in [-0.05, 0) is 26.2 Å². The van der Waals surface area contributed by atoms with E-state index in [0.717, 1.165) is 19.3 Å². The first-order valence-corrected chi connectivity index (χ1v) is 8.39. The SMILES string of the molecule is CC1(NC(=O)C2(N)CCCCC2)CCS(=O)(=O)C1. The molecule has 1 heterocycles. The molecule has 0 aromatic rings. The minimum atomic E-state index is -3.01. The molecule has 0 radical (unpaired) electrons. The molecule has 18 heavy (non-hydrogen) atoms. The Morgan fingerprint density at radius 3 is 2.28 bits per heavy atom. The van der Waals surface area contributed by atoms with Crippen LogP contribution in [0.5, 0.6) is 0 Å². The van der Waals surface area contributed by atoms with E-state index in [1.54, 1.807) is 6.92 Å². The summed E-state index contributed by atoms with van der Waals surface area (Å²) in [6.45, 7) is 1.79. The fraction of sp³-hybridized carbons (Fsp3) is 0.917. The van der Waals surface area contributed by atoms with Crippen LogP contribution in [0.15, 0.2) is 0 Å². The van der Waals surface area contributed by atoms with Crippen LogP contribution >= 0.6 is 0 Å². The summed E-state index contributed by atoms with van der Waals surface area (Å²) in [5, 5.41) is 2.88. The van der Waals surface area contributed by atoms with Gasteiger partial charge in [0, 0.05) is 0 Å². The van der Waals surface area contributed by atoms with Gasteiger partial charge >= 0.3 is 0 Å². The Bertz CT molecular complexity index is 440. The smallest absolute Gasteiger partial charge is 0.240 e. The summed E-state index contributed by atoms with van der Waals surface area (Å²) in [6, 6.07) is 0. The first-order chi connectivity index (χ1) is 8.25. The molecule has 2 aliphatic rings. The molecule has 1 aliphatic heterocycles. The number of nitrogens with one attached hydrogen (secondary N) is 1. The molecular formula is C12H22N2O3S. The molecule has 0 bridgehead atoms. The van der Waals surface area contributed by atoms with Crippen LogP contribution in [0.25, 0.3) is 0 Å². The van der Waals surface area contributed by atoms with Crippen molar-refractivity contribution in [1.29, 1.82) is 0 Å². The van der Waals surface area contributed by atoms with E-state index in [-0.39, 0.29) is 17.4 Å². The molecule has 1 saturated heterocycles. The molecule has 0 aromatic carbocycles. The first kappa shape index (κ1) is 13.8. The number of carbonyl (C=O) groups excluding carboxylic acids is 1. The fourth-order valence-electron chi connectivity index (χ4n) is 2.92. The van der Waals surface area contributed by atoms with Gasteiger partial charge in [-0.3, -0.25) is 4.79 Å². The number of hydrogen-bond donors (Lipinski definition) is 2. The molecule has 1 unspecified atom stereocenters. The first-order valence-electron chi connectivity index (χ1n) is 6.57. The van der Waals surface area contributed by atoms with Crippen LogP contribution in [-0.4, -0.2) is 36.9 Å². The molecule has 3 N–H and O–H groups in total. The van der Waals surface area contributed by atoms with Crippen molar-refractivity contribution in [2.75, 3.05) is 11.5 Å². The Kier molecular flexibility index (Phi) is 3.44. The van der Waals surface area contributed by atoms with Crippen LogP contribution in [0.3, 0.4) is 0 Å².